The smallest absolute Gasteiger partial charge is 0.0452 e. The van der Waals surface area contributed by atoms with E-state index in [-0.39, 0.29) is 0 Å². The van der Waals surface area contributed by atoms with Crippen LogP contribution in [0, 0.1) is 5.92 Å². The molecule has 2 heteroatoms. The molecular weight excluding hydrogens is 208 g/mol. The molecule has 0 saturated carbocycles. The summed E-state index contributed by atoms with van der Waals surface area (Å²) >= 11 is 0. The number of nitrogens with one attached hydrogen (secondary N) is 1. The van der Waals surface area contributed by atoms with E-state index in [1.807, 2.05) is 12.3 Å². The Bertz CT molecular complexity index is 317. The highest BCUT2D eigenvalue weighted by Crippen LogP contribution is 2.32. The highest BCUT2D eigenvalue weighted by atomic mass is 14.9. The van der Waals surface area contributed by atoms with E-state index in [9.17, 15) is 0 Å². The molecule has 0 bridgehead atoms. The maximum atomic E-state index is 4.58. The highest BCUT2D eigenvalue weighted by Gasteiger charge is 2.29. The molecule has 1 N–H and O–H groups in total. The maximum absolute atomic E-state index is 4.58. The number of piperidine rings is 1. The fourth-order valence-electron chi connectivity index (χ4n) is 2.91. The van der Waals surface area contributed by atoms with Gasteiger partial charge in [-0.05, 0) is 37.4 Å². The SMILES string of the molecule is CCC(C)C(c1ccccn1)C1CCCCN1. The lowest BCUT2D eigenvalue weighted by Gasteiger charge is -2.34. The molecule has 0 amide bonds. The minimum absolute atomic E-state index is 0.571. The van der Waals surface area contributed by atoms with Crippen molar-refractivity contribution < 1.29 is 0 Å². The Morgan fingerprint density at radius 2 is 2.29 bits per heavy atom. The van der Waals surface area contributed by atoms with Crippen molar-refractivity contribution in [2.24, 2.45) is 5.92 Å². The maximum Gasteiger partial charge on any atom is 0.0452 e. The van der Waals surface area contributed by atoms with Crippen molar-refractivity contribution in [3.05, 3.63) is 30.1 Å². The van der Waals surface area contributed by atoms with E-state index in [0.717, 1.165) is 0 Å². The molecule has 3 atom stereocenters. The second-order valence-electron chi connectivity index (χ2n) is 5.22. The molecule has 1 aliphatic heterocycles. The van der Waals surface area contributed by atoms with Crippen LogP contribution in [0.2, 0.25) is 0 Å². The quantitative estimate of drug-likeness (QED) is 0.861. The molecule has 17 heavy (non-hydrogen) atoms. The molecule has 1 aromatic rings. The second kappa shape index (κ2) is 6.15. The monoisotopic (exact) mass is 232 g/mol. The number of nitrogens with zero attached hydrogens (tertiary/aromatic N) is 1. The third-order valence-corrected chi connectivity index (χ3v) is 4.07. The van der Waals surface area contributed by atoms with E-state index in [2.05, 4.69) is 36.3 Å². The second-order valence-corrected chi connectivity index (χ2v) is 5.22. The van der Waals surface area contributed by atoms with Crippen LogP contribution in [0.5, 0.6) is 0 Å². The first-order valence-electron chi connectivity index (χ1n) is 6.97. The van der Waals surface area contributed by atoms with Gasteiger partial charge in [-0.2, -0.15) is 0 Å². The Morgan fingerprint density at radius 3 is 2.88 bits per heavy atom. The zero-order valence-electron chi connectivity index (χ0n) is 11.0. The van der Waals surface area contributed by atoms with Crippen LogP contribution in [0.3, 0.4) is 0 Å². The van der Waals surface area contributed by atoms with Gasteiger partial charge in [0.15, 0.2) is 0 Å². The van der Waals surface area contributed by atoms with E-state index < -0.39 is 0 Å². The van der Waals surface area contributed by atoms with Crippen LogP contribution in [-0.2, 0) is 0 Å². The number of hydrogen-bond acceptors (Lipinski definition) is 2. The topological polar surface area (TPSA) is 24.9 Å². The lowest BCUT2D eigenvalue weighted by molar-refractivity contribution is 0.284. The lowest BCUT2D eigenvalue weighted by atomic mass is 9.79. The first-order chi connectivity index (χ1) is 8.33. The minimum Gasteiger partial charge on any atom is -0.313 e. The van der Waals surface area contributed by atoms with Crippen molar-refractivity contribution in [3.63, 3.8) is 0 Å². The van der Waals surface area contributed by atoms with Gasteiger partial charge in [-0.1, -0.05) is 32.8 Å². The predicted octanol–water partition coefficient (Wildman–Crippen LogP) is 3.35. The molecule has 2 nitrogen and oxygen atoms in total. The lowest BCUT2D eigenvalue weighted by Crippen LogP contribution is -2.41. The molecule has 1 aromatic heterocycles. The van der Waals surface area contributed by atoms with Crippen molar-refractivity contribution in [3.8, 4) is 0 Å². The van der Waals surface area contributed by atoms with Gasteiger partial charge in [0.05, 0.1) is 0 Å². The zero-order chi connectivity index (χ0) is 12.1. The van der Waals surface area contributed by atoms with Crippen LogP contribution in [0.4, 0.5) is 0 Å². The van der Waals surface area contributed by atoms with Gasteiger partial charge in [-0.25, -0.2) is 0 Å². The standard InChI is InChI=1S/C15H24N2/c1-3-12(2)15(13-8-4-6-10-16-13)14-9-5-7-11-17-14/h4,6,8,10,12,14-15,17H,3,5,7,9,11H2,1-2H3. The van der Waals surface area contributed by atoms with Crippen LogP contribution in [-0.4, -0.2) is 17.6 Å². The van der Waals surface area contributed by atoms with E-state index in [0.29, 0.717) is 17.9 Å². The summed E-state index contributed by atoms with van der Waals surface area (Å²) in [5, 5.41) is 3.69. The highest BCUT2D eigenvalue weighted by molar-refractivity contribution is 5.13. The van der Waals surface area contributed by atoms with Crippen molar-refractivity contribution in [2.45, 2.75) is 51.5 Å². The van der Waals surface area contributed by atoms with Gasteiger partial charge >= 0.3 is 0 Å². The van der Waals surface area contributed by atoms with Crippen LogP contribution >= 0.6 is 0 Å². The summed E-state index contributed by atoms with van der Waals surface area (Å²) in [6.07, 6.45) is 7.13. The number of rotatable bonds is 4. The Balaban J connectivity index is 2.18. The molecule has 2 rings (SSSR count). The van der Waals surface area contributed by atoms with Crippen molar-refractivity contribution in [1.29, 1.82) is 0 Å². The van der Waals surface area contributed by atoms with E-state index in [1.165, 1.54) is 37.9 Å². The number of pyridine rings is 1. The third kappa shape index (κ3) is 3.06. The Labute approximate surface area is 105 Å². The molecule has 1 saturated heterocycles. The Kier molecular flexibility index (Phi) is 4.55. The van der Waals surface area contributed by atoms with E-state index in [1.54, 1.807) is 0 Å². The summed E-state index contributed by atoms with van der Waals surface area (Å²) < 4.78 is 0. The Hall–Kier alpha value is -0.890. The fraction of sp³-hybridized carbons (Fsp3) is 0.667. The van der Waals surface area contributed by atoms with Gasteiger partial charge in [0, 0.05) is 23.9 Å². The average molecular weight is 232 g/mol. The number of hydrogen-bond donors (Lipinski definition) is 1. The summed E-state index contributed by atoms with van der Waals surface area (Å²) in [4.78, 5) is 4.58. The average Bonchev–Trinajstić information content (AvgIpc) is 2.41. The molecule has 0 spiro atoms. The van der Waals surface area contributed by atoms with Gasteiger partial charge in [-0.15, -0.1) is 0 Å². The largest absolute Gasteiger partial charge is 0.313 e. The van der Waals surface area contributed by atoms with Crippen LogP contribution in [0.15, 0.2) is 24.4 Å². The zero-order valence-corrected chi connectivity index (χ0v) is 11.0. The molecule has 3 unspecified atom stereocenters. The number of aromatic nitrogens is 1. The van der Waals surface area contributed by atoms with Crippen molar-refractivity contribution in [1.82, 2.24) is 10.3 Å². The van der Waals surface area contributed by atoms with Gasteiger partial charge < -0.3 is 5.32 Å². The molecule has 0 aliphatic carbocycles. The molecule has 1 aliphatic rings. The molecule has 0 aromatic carbocycles. The van der Waals surface area contributed by atoms with Crippen LogP contribution < -0.4 is 5.32 Å². The van der Waals surface area contributed by atoms with Crippen LogP contribution in [0.1, 0.15) is 51.1 Å². The summed E-state index contributed by atoms with van der Waals surface area (Å²) in [6, 6.07) is 6.92. The third-order valence-electron chi connectivity index (χ3n) is 4.07. The predicted molar refractivity (Wildman–Crippen MR) is 72.1 cm³/mol. The normalized spacial score (nSPS) is 24.2. The van der Waals surface area contributed by atoms with Crippen LogP contribution in [0.25, 0.3) is 0 Å². The van der Waals surface area contributed by atoms with Gasteiger partial charge in [0.1, 0.15) is 0 Å². The fourth-order valence-corrected chi connectivity index (χ4v) is 2.91. The summed E-state index contributed by atoms with van der Waals surface area (Å²) in [6.45, 7) is 5.81. The molecular formula is C15H24N2. The first kappa shape index (κ1) is 12.6. The van der Waals surface area contributed by atoms with E-state index >= 15 is 0 Å². The molecule has 94 valence electrons. The van der Waals surface area contributed by atoms with Gasteiger partial charge in [-0.3, -0.25) is 4.98 Å². The molecule has 2 heterocycles. The Morgan fingerprint density at radius 1 is 1.41 bits per heavy atom. The van der Waals surface area contributed by atoms with E-state index in [4.69, 9.17) is 0 Å². The van der Waals surface area contributed by atoms with Gasteiger partial charge in [0.25, 0.3) is 0 Å². The first-order valence-corrected chi connectivity index (χ1v) is 6.97. The van der Waals surface area contributed by atoms with Crippen molar-refractivity contribution >= 4 is 0 Å². The summed E-state index contributed by atoms with van der Waals surface area (Å²) in [5.41, 5.74) is 1.27. The molecule has 1 fully saturated rings. The summed E-state index contributed by atoms with van der Waals surface area (Å²) in [5.74, 6) is 1.27. The van der Waals surface area contributed by atoms with Gasteiger partial charge in [0.2, 0.25) is 0 Å². The summed E-state index contributed by atoms with van der Waals surface area (Å²) in [7, 11) is 0. The minimum atomic E-state index is 0.571. The molecule has 0 radical (unpaired) electrons. The van der Waals surface area contributed by atoms with Crippen molar-refractivity contribution in [2.75, 3.05) is 6.54 Å².